The molecular weight excluding hydrogens is 430 g/mol. The first-order valence-electron chi connectivity index (χ1n) is 10.6. The van der Waals surface area contributed by atoms with E-state index < -0.39 is 0 Å². The van der Waals surface area contributed by atoms with Crippen molar-refractivity contribution < 1.29 is 14.3 Å². The van der Waals surface area contributed by atoms with Crippen LogP contribution >= 0.6 is 11.8 Å². The largest absolute Gasteiger partial charge is 0.488 e. The molecule has 0 N–H and O–H groups in total. The van der Waals surface area contributed by atoms with Crippen molar-refractivity contribution in [2.45, 2.75) is 13.5 Å². The molecule has 0 unspecified atom stereocenters. The van der Waals surface area contributed by atoms with E-state index in [2.05, 4.69) is 6.07 Å². The van der Waals surface area contributed by atoms with E-state index in [1.807, 2.05) is 79.7 Å². The van der Waals surface area contributed by atoms with E-state index in [0.717, 1.165) is 33.7 Å². The topological polar surface area (TPSA) is 46.6 Å². The maximum absolute atomic E-state index is 13.2. The fraction of sp³-hybridized carbons (Fsp3) is 0.0714. The number of carbonyl (C=O) groups is 2. The van der Waals surface area contributed by atoms with Crippen molar-refractivity contribution in [2.75, 3.05) is 4.90 Å². The van der Waals surface area contributed by atoms with Crippen LogP contribution < -0.4 is 9.64 Å². The fourth-order valence-electron chi connectivity index (χ4n) is 3.91. The number of carbonyl (C=O) groups excluding carboxylic acids is 2. The molecule has 4 aromatic rings. The van der Waals surface area contributed by atoms with Crippen LogP contribution in [0.25, 0.3) is 16.8 Å². The van der Waals surface area contributed by atoms with Gasteiger partial charge in [-0.15, -0.1) is 0 Å². The number of ether oxygens (including phenoxy) is 1. The van der Waals surface area contributed by atoms with Crippen molar-refractivity contribution in [1.82, 2.24) is 0 Å². The number of hydrogen-bond donors (Lipinski definition) is 0. The van der Waals surface area contributed by atoms with Gasteiger partial charge in [-0.1, -0.05) is 78.4 Å². The Kier molecular flexibility index (Phi) is 5.71. The van der Waals surface area contributed by atoms with Crippen molar-refractivity contribution in [3.8, 4) is 5.75 Å². The molecule has 1 aliphatic rings. The Morgan fingerprint density at radius 1 is 0.879 bits per heavy atom. The molecule has 0 saturated carbocycles. The number of aryl methyl sites for hydroxylation is 1. The summed E-state index contributed by atoms with van der Waals surface area (Å²) in [6.07, 6.45) is 1.78. The SMILES string of the molecule is Cc1cccc(COc2ccc3ccccc3c2/C=C2/SC(=O)N(c3ccccc3)C2=O)c1. The number of rotatable bonds is 5. The molecule has 1 saturated heterocycles. The number of thioether (sulfide) groups is 1. The van der Waals surface area contributed by atoms with E-state index in [-0.39, 0.29) is 11.1 Å². The van der Waals surface area contributed by atoms with E-state index >= 15 is 0 Å². The molecule has 1 fully saturated rings. The molecule has 0 bridgehead atoms. The predicted molar refractivity (Wildman–Crippen MR) is 134 cm³/mol. The summed E-state index contributed by atoms with van der Waals surface area (Å²) in [4.78, 5) is 27.4. The third-order valence-corrected chi connectivity index (χ3v) is 6.36. The zero-order valence-corrected chi connectivity index (χ0v) is 18.8. The standard InChI is InChI=1S/C28H21NO3S/c1-19-8-7-9-20(16-19)18-32-25-15-14-21-10-5-6-13-23(21)24(25)17-26-27(30)29(28(31)33-26)22-11-3-2-4-12-22/h2-17H,18H2,1H3/b26-17+. The summed E-state index contributed by atoms with van der Waals surface area (Å²) in [7, 11) is 0. The molecule has 5 rings (SSSR count). The molecule has 33 heavy (non-hydrogen) atoms. The van der Waals surface area contributed by atoms with Crippen molar-refractivity contribution in [3.63, 3.8) is 0 Å². The third-order valence-electron chi connectivity index (χ3n) is 5.49. The lowest BCUT2D eigenvalue weighted by Gasteiger charge is -2.13. The van der Waals surface area contributed by atoms with E-state index in [1.165, 1.54) is 10.5 Å². The van der Waals surface area contributed by atoms with Gasteiger partial charge in [-0.25, -0.2) is 4.90 Å². The molecule has 0 aliphatic carbocycles. The molecule has 1 aliphatic heterocycles. The first kappa shape index (κ1) is 21.0. The predicted octanol–water partition coefficient (Wildman–Crippen LogP) is 6.97. The minimum Gasteiger partial charge on any atom is -0.488 e. The molecule has 0 spiro atoms. The number of anilines is 1. The second-order valence-electron chi connectivity index (χ2n) is 7.83. The first-order chi connectivity index (χ1) is 16.1. The van der Waals surface area contributed by atoms with Crippen LogP contribution in [0.4, 0.5) is 10.5 Å². The minimum atomic E-state index is -0.325. The molecule has 1 heterocycles. The van der Waals surface area contributed by atoms with Crippen LogP contribution in [0.5, 0.6) is 5.75 Å². The lowest BCUT2D eigenvalue weighted by molar-refractivity contribution is -0.113. The summed E-state index contributed by atoms with van der Waals surface area (Å²) in [5, 5.41) is 1.69. The van der Waals surface area contributed by atoms with Crippen LogP contribution in [-0.4, -0.2) is 11.1 Å². The van der Waals surface area contributed by atoms with Crippen LogP contribution in [0.3, 0.4) is 0 Å². The van der Waals surface area contributed by atoms with Crippen LogP contribution in [0.2, 0.25) is 0 Å². The second-order valence-corrected chi connectivity index (χ2v) is 8.82. The zero-order valence-electron chi connectivity index (χ0n) is 18.0. The first-order valence-corrected chi connectivity index (χ1v) is 11.4. The zero-order chi connectivity index (χ0) is 22.8. The molecule has 0 atom stereocenters. The summed E-state index contributed by atoms with van der Waals surface area (Å²) in [6, 6.07) is 29.0. The van der Waals surface area contributed by atoms with Crippen LogP contribution in [-0.2, 0) is 11.4 Å². The van der Waals surface area contributed by atoms with Gasteiger partial charge in [-0.2, -0.15) is 0 Å². The highest BCUT2D eigenvalue weighted by molar-refractivity contribution is 8.19. The highest BCUT2D eigenvalue weighted by atomic mass is 32.2. The minimum absolute atomic E-state index is 0.306. The number of benzene rings is 4. The Balaban J connectivity index is 1.54. The molecule has 5 heteroatoms. The van der Waals surface area contributed by atoms with Gasteiger partial charge in [0.25, 0.3) is 11.1 Å². The second kappa shape index (κ2) is 8.96. The van der Waals surface area contributed by atoms with Gasteiger partial charge in [-0.05, 0) is 59.3 Å². The highest BCUT2D eigenvalue weighted by Gasteiger charge is 2.36. The van der Waals surface area contributed by atoms with Gasteiger partial charge in [0, 0.05) is 5.56 Å². The molecular formula is C28H21NO3S. The highest BCUT2D eigenvalue weighted by Crippen LogP contribution is 2.38. The molecule has 162 valence electrons. The Morgan fingerprint density at radius 2 is 1.67 bits per heavy atom. The summed E-state index contributed by atoms with van der Waals surface area (Å²) < 4.78 is 6.21. The van der Waals surface area contributed by atoms with Crippen LogP contribution in [0.15, 0.2) is 95.9 Å². The fourth-order valence-corrected chi connectivity index (χ4v) is 4.73. The van der Waals surface area contributed by atoms with Crippen molar-refractivity contribution in [1.29, 1.82) is 0 Å². The summed E-state index contributed by atoms with van der Waals surface area (Å²) in [5.74, 6) is 0.343. The number of fused-ring (bicyclic) bond motifs is 1. The number of nitrogens with zero attached hydrogens (tertiary/aromatic N) is 1. The number of hydrogen-bond acceptors (Lipinski definition) is 4. The average Bonchev–Trinajstić information content (AvgIpc) is 3.11. The smallest absolute Gasteiger partial charge is 0.298 e. The van der Waals surface area contributed by atoms with Crippen molar-refractivity contribution in [2.24, 2.45) is 0 Å². The number of para-hydroxylation sites is 1. The summed E-state index contributed by atoms with van der Waals surface area (Å²) in [6.45, 7) is 2.46. The molecule has 2 amide bonds. The van der Waals surface area contributed by atoms with Gasteiger partial charge in [0.15, 0.2) is 0 Å². The lowest BCUT2D eigenvalue weighted by atomic mass is 10.0. The molecule has 0 aromatic heterocycles. The number of imide groups is 1. The maximum atomic E-state index is 13.2. The van der Waals surface area contributed by atoms with Crippen LogP contribution in [0.1, 0.15) is 16.7 Å². The molecule has 4 aromatic carbocycles. The molecule has 0 radical (unpaired) electrons. The maximum Gasteiger partial charge on any atom is 0.298 e. The monoisotopic (exact) mass is 451 g/mol. The summed E-state index contributed by atoms with van der Waals surface area (Å²) >= 11 is 0.948. The Labute approximate surface area is 196 Å². The van der Waals surface area contributed by atoms with Gasteiger partial charge in [0.1, 0.15) is 12.4 Å². The quantitative estimate of drug-likeness (QED) is 0.308. The van der Waals surface area contributed by atoms with Gasteiger partial charge in [0.2, 0.25) is 0 Å². The van der Waals surface area contributed by atoms with Gasteiger partial charge in [0.05, 0.1) is 10.6 Å². The Bertz CT molecular complexity index is 1390. The summed E-state index contributed by atoms with van der Waals surface area (Å²) in [5.41, 5.74) is 3.60. The van der Waals surface area contributed by atoms with Gasteiger partial charge < -0.3 is 4.74 Å². The van der Waals surface area contributed by atoms with Crippen molar-refractivity contribution in [3.05, 3.63) is 113 Å². The Hall–Kier alpha value is -3.83. The van der Waals surface area contributed by atoms with E-state index in [4.69, 9.17) is 4.74 Å². The van der Waals surface area contributed by atoms with Gasteiger partial charge >= 0.3 is 0 Å². The Morgan fingerprint density at radius 3 is 2.48 bits per heavy atom. The third kappa shape index (κ3) is 4.28. The van der Waals surface area contributed by atoms with Gasteiger partial charge in [-0.3, -0.25) is 9.59 Å². The van der Waals surface area contributed by atoms with Crippen molar-refractivity contribution >= 4 is 45.4 Å². The van der Waals surface area contributed by atoms with E-state index in [1.54, 1.807) is 18.2 Å². The average molecular weight is 452 g/mol. The normalized spacial score (nSPS) is 14.9. The lowest BCUT2D eigenvalue weighted by Crippen LogP contribution is -2.27. The van der Waals surface area contributed by atoms with E-state index in [9.17, 15) is 9.59 Å². The molecule has 4 nitrogen and oxygen atoms in total. The van der Waals surface area contributed by atoms with E-state index in [0.29, 0.717) is 22.9 Å². The number of amides is 2. The van der Waals surface area contributed by atoms with Crippen LogP contribution in [0, 0.1) is 6.92 Å².